The normalized spacial score (nSPS) is 12.5. The molecule has 1 aromatic carbocycles. The molecule has 2 N–H and O–H groups in total. The molecule has 0 saturated carbocycles. The Hall–Kier alpha value is -2.19. The van der Waals surface area contributed by atoms with Gasteiger partial charge in [0, 0.05) is 5.69 Å². The van der Waals surface area contributed by atoms with Crippen LogP contribution in [0.1, 0.15) is 28.6 Å². The smallest absolute Gasteiger partial charge is 0.321 e. The number of benzene rings is 1. The molecule has 0 spiro atoms. The number of aliphatic carboxylic acids is 1. The van der Waals surface area contributed by atoms with Gasteiger partial charge in [-0.1, -0.05) is 25.1 Å². The predicted molar refractivity (Wildman–Crippen MR) is 97.9 cm³/mol. The van der Waals surface area contributed by atoms with Crippen molar-refractivity contribution in [2.45, 2.75) is 25.0 Å². The third-order valence-electron chi connectivity index (χ3n) is 3.71. The first-order chi connectivity index (χ1) is 11.8. The summed E-state index contributed by atoms with van der Waals surface area (Å²) < 4.78 is 24.2. The molecule has 0 aliphatic rings. The van der Waals surface area contributed by atoms with E-state index in [9.17, 15) is 18.0 Å². The first kappa shape index (κ1) is 19.1. The third-order valence-corrected chi connectivity index (χ3v) is 6.76. The summed E-state index contributed by atoms with van der Waals surface area (Å²) in [5.74, 6) is -1.73. The predicted octanol–water partition coefficient (Wildman–Crippen LogP) is 2.82. The monoisotopic (exact) mass is 381 g/mol. The number of amides is 1. The first-order valence-corrected chi connectivity index (χ1v) is 10.3. The van der Waals surface area contributed by atoms with Gasteiger partial charge in [0.25, 0.3) is 5.91 Å². The summed E-state index contributed by atoms with van der Waals surface area (Å²) in [7, 11) is -3.70. The molecular weight excluding hydrogens is 362 g/mol. The Labute approximate surface area is 150 Å². The van der Waals surface area contributed by atoms with Gasteiger partial charge >= 0.3 is 5.97 Å². The van der Waals surface area contributed by atoms with E-state index in [1.54, 1.807) is 43.3 Å². The highest BCUT2D eigenvalue weighted by Crippen LogP contribution is 2.16. The van der Waals surface area contributed by atoms with E-state index in [-0.39, 0.29) is 24.5 Å². The number of hydrogen-bond donors (Lipinski definition) is 2. The molecule has 0 bridgehead atoms. The van der Waals surface area contributed by atoms with Crippen LogP contribution in [-0.4, -0.2) is 36.4 Å². The van der Waals surface area contributed by atoms with Crippen LogP contribution in [0, 0.1) is 0 Å². The third kappa shape index (κ3) is 5.14. The number of hydrogen-bond acceptors (Lipinski definition) is 5. The van der Waals surface area contributed by atoms with Crippen LogP contribution in [0.3, 0.4) is 0 Å². The van der Waals surface area contributed by atoms with Gasteiger partial charge < -0.3 is 10.4 Å². The highest BCUT2D eigenvalue weighted by Gasteiger charge is 2.30. The molecule has 1 aromatic heterocycles. The molecule has 6 nitrogen and oxygen atoms in total. The molecule has 2 aromatic rings. The minimum Gasteiger partial charge on any atom is -0.480 e. The zero-order valence-electron chi connectivity index (χ0n) is 13.6. The number of nitrogens with one attached hydrogen (secondary N) is 1. The lowest BCUT2D eigenvalue weighted by Gasteiger charge is -2.11. The van der Waals surface area contributed by atoms with Gasteiger partial charge in [-0.3, -0.25) is 9.59 Å². The number of carbonyl (C=O) groups is 2. The lowest BCUT2D eigenvalue weighted by atomic mass is 10.1. The molecule has 1 heterocycles. The lowest BCUT2D eigenvalue weighted by Crippen LogP contribution is -2.32. The van der Waals surface area contributed by atoms with Gasteiger partial charge in [0.2, 0.25) is 0 Å². The molecule has 25 heavy (non-hydrogen) atoms. The van der Waals surface area contributed by atoms with Gasteiger partial charge in [-0.05, 0) is 42.0 Å². The molecule has 0 aliphatic carbocycles. The molecule has 0 aliphatic heterocycles. The van der Waals surface area contributed by atoms with Crippen LogP contribution in [-0.2, 0) is 21.1 Å². The van der Waals surface area contributed by atoms with Gasteiger partial charge in [-0.15, -0.1) is 11.3 Å². The lowest BCUT2D eigenvalue weighted by molar-refractivity contribution is -0.136. The van der Waals surface area contributed by atoms with Gasteiger partial charge in [0.1, 0.15) is 0 Å². The molecular formula is C17H19NO5S2. The summed E-state index contributed by atoms with van der Waals surface area (Å²) in [6, 6.07) is 10.4. The van der Waals surface area contributed by atoms with E-state index in [0.29, 0.717) is 10.6 Å². The second kappa shape index (κ2) is 8.26. The van der Waals surface area contributed by atoms with Crippen LogP contribution in [0.2, 0.25) is 0 Å². The fraction of sp³-hybridized carbons (Fsp3) is 0.294. The van der Waals surface area contributed by atoms with Crippen LogP contribution in [0.5, 0.6) is 0 Å². The molecule has 2 rings (SSSR count). The van der Waals surface area contributed by atoms with E-state index in [0.717, 1.165) is 5.56 Å². The average molecular weight is 381 g/mol. The average Bonchev–Trinajstić information content (AvgIpc) is 3.09. The maximum Gasteiger partial charge on any atom is 0.321 e. The van der Waals surface area contributed by atoms with Crippen LogP contribution in [0.25, 0.3) is 0 Å². The summed E-state index contributed by atoms with van der Waals surface area (Å²) in [5, 5.41) is 12.2. The summed E-state index contributed by atoms with van der Waals surface area (Å²) >= 11 is 1.34. The molecule has 1 amide bonds. The van der Waals surface area contributed by atoms with Crippen molar-refractivity contribution in [2.24, 2.45) is 0 Å². The SMILES string of the molecule is CCC(C(=O)O)S(=O)(=O)CCc1ccc(NC(=O)c2cccs2)cc1. The van der Waals surface area contributed by atoms with E-state index in [1.165, 1.54) is 11.3 Å². The summed E-state index contributed by atoms with van der Waals surface area (Å²) in [6.07, 6.45) is 0.274. The standard InChI is InChI=1S/C17H19NO5S2/c1-2-15(17(20)21)25(22,23)11-9-12-5-7-13(8-6-12)18-16(19)14-4-3-10-24-14/h3-8,10,15H,2,9,11H2,1H3,(H,18,19)(H,20,21). The topological polar surface area (TPSA) is 101 Å². The summed E-state index contributed by atoms with van der Waals surface area (Å²) in [6.45, 7) is 1.54. The van der Waals surface area contributed by atoms with Crippen LogP contribution < -0.4 is 5.32 Å². The molecule has 0 radical (unpaired) electrons. The van der Waals surface area contributed by atoms with E-state index in [1.807, 2.05) is 5.38 Å². The largest absolute Gasteiger partial charge is 0.480 e. The molecule has 8 heteroatoms. The second-order valence-electron chi connectivity index (χ2n) is 5.48. The fourth-order valence-corrected chi connectivity index (χ4v) is 4.58. The van der Waals surface area contributed by atoms with Crippen molar-refractivity contribution >= 4 is 38.7 Å². The van der Waals surface area contributed by atoms with E-state index in [2.05, 4.69) is 5.32 Å². The van der Waals surface area contributed by atoms with Gasteiger partial charge in [0.05, 0.1) is 10.6 Å². The second-order valence-corrected chi connectivity index (χ2v) is 8.73. The highest BCUT2D eigenvalue weighted by atomic mass is 32.2. The number of carboxylic acid groups (broad SMARTS) is 1. The Morgan fingerprint density at radius 2 is 1.88 bits per heavy atom. The van der Waals surface area contributed by atoms with E-state index in [4.69, 9.17) is 5.11 Å². The maximum absolute atomic E-state index is 12.1. The van der Waals surface area contributed by atoms with Crippen molar-refractivity contribution in [2.75, 3.05) is 11.1 Å². The number of carbonyl (C=O) groups excluding carboxylic acids is 1. The number of rotatable bonds is 8. The minimum atomic E-state index is -3.70. The number of anilines is 1. The van der Waals surface area contributed by atoms with Crippen LogP contribution >= 0.6 is 11.3 Å². The maximum atomic E-state index is 12.1. The molecule has 0 fully saturated rings. The summed E-state index contributed by atoms with van der Waals surface area (Å²) in [5.41, 5.74) is 1.37. The Balaban J connectivity index is 1.96. The Kier molecular flexibility index (Phi) is 6.33. The van der Waals surface area contributed by atoms with Gasteiger partial charge in [0.15, 0.2) is 15.1 Å². The van der Waals surface area contributed by atoms with Gasteiger partial charge in [-0.2, -0.15) is 0 Å². The Morgan fingerprint density at radius 1 is 1.20 bits per heavy atom. The minimum absolute atomic E-state index is 0.0470. The summed E-state index contributed by atoms with van der Waals surface area (Å²) in [4.78, 5) is 23.6. The molecule has 1 atom stereocenters. The van der Waals surface area contributed by atoms with Crippen LogP contribution in [0.15, 0.2) is 41.8 Å². The van der Waals surface area contributed by atoms with Crippen molar-refractivity contribution in [3.63, 3.8) is 0 Å². The Morgan fingerprint density at radius 3 is 2.40 bits per heavy atom. The highest BCUT2D eigenvalue weighted by molar-refractivity contribution is 7.92. The number of sulfone groups is 1. The quantitative estimate of drug-likeness (QED) is 0.732. The fourth-order valence-electron chi connectivity index (χ4n) is 2.34. The van der Waals surface area contributed by atoms with E-state index >= 15 is 0 Å². The number of carboxylic acids is 1. The van der Waals surface area contributed by atoms with Crippen molar-refractivity contribution in [1.82, 2.24) is 0 Å². The number of thiophene rings is 1. The van der Waals surface area contributed by atoms with Crippen molar-refractivity contribution < 1.29 is 23.1 Å². The first-order valence-electron chi connectivity index (χ1n) is 7.71. The zero-order valence-corrected chi connectivity index (χ0v) is 15.3. The van der Waals surface area contributed by atoms with E-state index < -0.39 is 21.1 Å². The molecule has 1 unspecified atom stereocenters. The van der Waals surface area contributed by atoms with Crippen LogP contribution in [0.4, 0.5) is 5.69 Å². The van der Waals surface area contributed by atoms with Crippen molar-refractivity contribution in [3.05, 3.63) is 52.2 Å². The Bertz CT molecular complexity index is 826. The van der Waals surface area contributed by atoms with Crippen molar-refractivity contribution in [3.8, 4) is 0 Å². The van der Waals surface area contributed by atoms with Crippen molar-refractivity contribution in [1.29, 1.82) is 0 Å². The number of aryl methyl sites for hydroxylation is 1. The molecule has 0 saturated heterocycles. The molecule has 134 valence electrons. The zero-order chi connectivity index (χ0) is 18.4. The van der Waals surface area contributed by atoms with Gasteiger partial charge in [-0.25, -0.2) is 8.42 Å².